The number of ether oxygens (including phenoxy) is 2. The van der Waals surface area contributed by atoms with E-state index in [0.717, 1.165) is 5.56 Å². The van der Waals surface area contributed by atoms with Crippen molar-refractivity contribution in [3.8, 4) is 0 Å². The zero-order valence-corrected chi connectivity index (χ0v) is 9.60. The lowest BCUT2D eigenvalue weighted by atomic mass is 9.78. The molecule has 0 N–H and O–H groups in total. The summed E-state index contributed by atoms with van der Waals surface area (Å²) in [4.78, 5) is 12.1. The molecule has 1 aromatic rings. The standard InChI is InChI=1S/C13H16O3/c1-10(2)16-12(14)13(8-15-9-13)11-6-4-3-5-7-11/h3-7,10H,8-9H2,1-2H3. The van der Waals surface area contributed by atoms with Crippen molar-refractivity contribution in [2.75, 3.05) is 13.2 Å². The number of carbonyl (C=O) groups excluding carboxylic acids is 1. The summed E-state index contributed by atoms with van der Waals surface area (Å²) < 4.78 is 10.5. The SMILES string of the molecule is CC(C)OC(=O)C1(c2ccccc2)COC1. The van der Waals surface area contributed by atoms with Crippen LogP contribution in [-0.2, 0) is 19.7 Å². The van der Waals surface area contributed by atoms with Gasteiger partial charge in [-0.1, -0.05) is 30.3 Å². The van der Waals surface area contributed by atoms with Gasteiger partial charge in [-0.15, -0.1) is 0 Å². The largest absolute Gasteiger partial charge is 0.462 e. The van der Waals surface area contributed by atoms with Crippen LogP contribution in [0.15, 0.2) is 30.3 Å². The molecule has 0 amide bonds. The van der Waals surface area contributed by atoms with Gasteiger partial charge in [0.2, 0.25) is 0 Å². The zero-order valence-electron chi connectivity index (χ0n) is 9.60. The van der Waals surface area contributed by atoms with Gasteiger partial charge in [0.05, 0.1) is 19.3 Å². The maximum atomic E-state index is 12.1. The number of benzene rings is 1. The van der Waals surface area contributed by atoms with Gasteiger partial charge in [-0.25, -0.2) is 0 Å². The minimum absolute atomic E-state index is 0.0892. The molecule has 0 unspecified atom stereocenters. The van der Waals surface area contributed by atoms with Crippen LogP contribution < -0.4 is 0 Å². The molecule has 86 valence electrons. The monoisotopic (exact) mass is 220 g/mol. The van der Waals surface area contributed by atoms with E-state index in [1.165, 1.54) is 0 Å². The highest BCUT2D eigenvalue weighted by Crippen LogP contribution is 2.33. The highest BCUT2D eigenvalue weighted by molar-refractivity contribution is 5.84. The summed E-state index contributed by atoms with van der Waals surface area (Å²) in [5.41, 5.74) is 0.401. The second kappa shape index (κ2) is 4.26. The highest BCUT2D eigenvalue weighted by atomic mass is 16.6. The Kier molecular flexibility index (Phi) is 2.97. The molecular weight excluding hydrogens is 204 g/mol. The van der Waals surface area contributed by atoms with Crippen LogP contribution >= 0.6 is 0 Å². The van der Waals surface area contributed by atoms with Crippen molar-refractivity contribution in [1.82, 2.24) is 0 Å². The topological polar surface area (TPSA) is 35.5 Å². The van der Waals surface area contributed by atoms with Gasteiger partial charge >= 0.3 is 5.97 Å². The van der Waals surface area contributed by atoms with Crippen LogP contribution in [0.1, 0.15) is 19.4 Å². The molecule has 0 aliphatic carbocycles. The van der Waals surface area contributed by atoms with Gasteiger partial charge in [0.1, 0.15) is 5.41 Å². The maximum Gasteiger partial charge on any atom is 0.321 e. The molecule has 1 saturated heterocycles. The lowest BCUT2D eigenvalue weighted by Crippen LogP contribution is -2.54. The molecule has 0 radical (unpaired) electrons. The summed E-state index contributed by atoms with van der Waals surface area (Å²) in [5, 5.41) is 0. The summed E-state index contributed by atoms with van der Waals surface area (Å²) in [7, 11) is 0. The first-order chi connectivity index (χ1) is 7.65. The molecule has 0 bridgehead atoms. The van der Waals surface area contributed by atoms with E-state index in [0.29, 0.717) is 13.2 Å². The first kappa shape index (κ1) is 11.1. The van der Waals surface area contributed by atoms with Gasteiger partial charge in [0.15, 0.2) is 0 Å². The number of carbonyl (C=O) groups is 1. The van der Waals surface area contributed by atoms with E-state index in [2.05, 4.69) is 0 Å². The third-order valence-electron chi connectivity index (χ3n) is 2.76. The van der Waals surface area contributed by atoms with E-state index in [1.807, 2.05) is 44.2 Å². The average molecular weight is 220 g/mol. The molecule has 2 rings (SSSR count). The van der Waals surface area contributed by atoms with Crippen LogP contribution in [0.3, 0.4) is 0 Å². The molecule has 0 spiro atoms. The van der Waals surface area contributed by atoms with Crippen LogP contribution in [-0.4, -0.2) is 25.3 Å². The molecule has 16 heavy (non-hydrogen) atoms. The van der Waals surface area contributed by atoms with Crippen LogP contribution in [0.25, 0.3) is 0 Å². The van der Waals surface area contributed by atoms with Gasteiger partial charge in [0, 0.05) is 0 Å². The quantitative estimate of drug-likeness (QED) is 0.730. The molecule has 0 saturated carbocycles. The Hall–Kier alpha value is -1.35. The number of hydrogen-bond donors (Lipinski definition) is 0. The fourth-order valence-electron chi connectivity index (χ4n) is 1.79. The van der Waals surface area contributed by atoms with Crippen molar-refractivity contribution in [1.29, 1.82) is 0 Å². The maximum absolute atomic E-state index is 12.1. The Balaban J connectivity index is 2.23. The second-order valence-electron chi connectivity index (χ2n) is 4.39. The molecule has 1 aromatic carbocycles. The Bertz CT molecular complexity index is 366. The van der Waals surface area contributed by atoms with Crippen molar-refractivity contribution < 1.29 is 14.3 Å². The van der Waals surface area contributed by atoms with Crippen LogP contribution in [0.5, 0.6) is 0 Å². The Morgan fingerprint density at radius 3 is 2.38 bits per heavy atom. The molecule has 1 aliphatic heterocycles. The molecule has 1 heterocycles. The Labute approximate surface area is 95.4 Å². The third kappa shape index (κ3) is 1.83. The van der Waals surface area contributed by atoms with E-state index in [1.54, 1.807) is 0 Å². The summed E-state index contributed by atoms with van der Waals surface area (Å²) in [6, 6.07) is 9.69. The van der Waals surface area contributed by atoms with E-state index in [9.17, 15) is 4.79 Å². The van der Waals surface area contributed by atoms with Crippen molar-refractivity contribution in [3.63, 3.8) is 0 Å². The van der Waals surface area contributed by atoms with Gasteiger partial charge in [-0.3, -0.25) is 4.79 Å². The van der Waals surface area contributed by atoms with Crippen LogP contribution in [0, 0.1) is 0 Å². The molecule has 3 nitrogen and oxygen atoms in total. The van der Waals surface area contributed by atoms with Gasteiger partial charge in [0.25, 0.3) is 0 Å². The predicted molar refractivity (Wildman–Crippen MR) is 60.2 cm³/mol. The summed E-state index contributed by atoms with van der Waals surface area (Å²) in [5.74, 6) is -0.181. The lowest BCUT2D eigenvalue weighted by molar-refractivity contribution is -0.173. The third-order valence-corrected chi connectivity index (χ3v) is 2.76. The van der Waals surface area contributed by atoms with Crippen molar-refractivity contribution in [2.45, 2.75) is 25.4 Å². The molecular formula is C13H16O3. The van der Waals surface area contributed by atoms with Gasteiger partial charge in [-0.2, -0.15) is 0 Å². The van der Waals surface area contributed by atoms with Crippen molar-refractivity contribution >= 4 is 5.97 Å². The Morgan fingerprint density at radius 2 is 1.94 bits per heavy atom. The van der Waals surface area contributed by atoms with Crippen molar-refractivity contribution in [2.24, 2.45) is 0 Å². The smallest absolute Gasteiger partial charge is 0.321 e. The first-order valence-corrected chi connectivity index (χ1v) is 5.49. The highest BCUT2D eigenvalue weighted by Gasteiger charge is 2.49. The molecule has 0 aromatic heterocycles. The summed E-state index contributed by atoms with van der Waals surface area (Å²) >= 11 is 0. The van der Waals surface area contributed by atoms with E-state index < -0.39 is 5.41 Å². The molecule has 3 heteroatoms. The first-order valence-electron chi connectivity index (χ1n) is 5.49. The number of hydrogen-bond acceptors (Lipinski definition) is 3. The average Bonchev–Trinajstić information content (AvgIpc) is 2.16. The van der Waals surface area contributed by atoms with Crippen LogP contribution in [0.2, 0.25) is 0 Å². The Morgan fingerprint density at radius 1 is 1.31 bits per heavy atom. The van der Waals surface area contributed by atoms with Crippen molar-refractivity contribution in [3.05, 3.63) is 35.9 Å². The fraction of sp³-hybridized carbons (Fsp3) is 0.462. The molecule has 0 atom stereocenters. The van der Waals surface area contributed by atoms with Gasteiger partial charge < -0.3 is 9.47 Å². The van der Waals surface area contributed by atoms with Gasteiger partial charge in [-0.05, 0) is 19.4 Å². The molecule has 1 aliphatic rings. The minimum atomic E-state index is -0.578. The summed E-state index contributed by atoms with van der Waals surface area (Å²) in [6.07, 6.45) is -0.0892. The zero-order chi connectivity index (χ0) is 11.6. The van der Waals surface area contributed by atoms with E-state index >= 15 is 0 Å². The minimum Gasteiger partial charge on any atom is -0.462 e. The number of rotatable bonds is 3. The molecule has 1 fully saturated rings. The number of esters is 1. The predicted octanol–water partition coefficient (Wildman–Crippen LogP) is 1.91. The lowest BCUT2D eigenvalue weighted by Gasteiger charge is -2.39. The van der Waals surface area contributed by atoms with E-state index in [-0.39, 0.29) is 12.1 Å². The second-order valence-corrected chi connectivity index (χ2v) is 4.39. The van der Waals surface area contributed by atoms with Crippen LogP contribution in [0.4, 0.5) is 0 Å². The summed E-state index contributed by atoms with van der Waals surface area (Å²) in [6.45, 7) is 4.55. The van der Waals surface area contributed by atoms with E-state index in [4.69, 9.17) is 9.47 Å². The fourth-order valence-corrected chi connectivity index (χ4v) is 1.79. The normalized spacial score (nSPS) is 17.9.